The summed E-state index contributed by atoms with van der Waals surface area (Å²) >= 11 is 6.88. The summed E-state index contributed by atoms with van der Waals surface area (Å²) in [6.45, 7) is 8.48. The van der Waals surface area contributed by atoms with Crippen LogP contribution in [0.5, 0.6) is 11.5 Å². The van der Waals surface area contributed by atoms with Crippen molar-refractivity contribution in [1.29, 1.82) is 5.26 Å². The molecule has 5 heterocycles. The van der Waals surface area contributed by atoms with Gasteiger partial charge in [0.25, 0.3) is 0 Å². The first kappa shape index (κ1) is 40.7. The van der Waals surface area contributed by atoms with Gasteiger partial charge >= 0.3 is 5.97 Å². The molecule has 0 spiro atoms. The van der Waals surface area contributed by atoms with E-state index in [0.717, 1.165) is 80.6 Å². The number of rotatable bonds is 14. The van der Waals surface area contributed by atoms with Gasteiger partial charge in [0, 0.05) is 85.8 Å². The van der Waals surface area contributed by atoms with Crippen molar-refractivity contribution in [2.75, 3.05) is 31.5 Å². The number of likely N-dealkylation sites (tertiary alicyclic amines) is 2. The lowest BCUT2D eigenvalue weighted by Crippen LogP contribution is -2.23. The first-order valence-corrected chi connectivity index (χ1v) is 20.5. The molecule has 2 saturated heterocycles. The Labute approximate surface area is 354 Å². The van der Waals surface area contributed by atoms with E-state index in [4.69, 9.17) is 26.1 Å². The van der Waals surface area contributed by atoms with Gasteiger partial charge in [0.1, 0.15) is 36.3 Å². The van der Waals surface area contributed by atoms with Crippen LogP contribution in [0.15, 0.2) is 91.5 Å². The first-order valence-electron chi connectivity index (χ1n) is 20.1. The lowest BCUT2D eigenvalue weighted by molar-refractivity contribution is -0.141. The number of β-amino-alcohol motifs (C(OH)–C–C–N with tert-alkyl or cyclic N) is 1. The molecule has 2 fully saturated rings. The molecule has 306 valence electrons. The molecule has 0 aliphatic carbocycles. The van der Waals surface area contributed by atoms with Gasteiger partial charge in [-0.15, -0.1) is 0 Å². The standard InChI is InChI=1S/C47H46ClN7O5/c1-29-36(28-60-44-18-43(59-27-33-15-31(19-49)20-50-21-33)37(17-41(44)48)25-55-13-10-35(24-55)47(57)58)5-3-6-39(29)40-7-4-8-42(30(40)2)53-46-45-34(9-12-51-46)16-32(22-52-45)23-54-14-11-38(56)26-54/h3-9,12,15-18,20-22,35,38,56H,10-11,13-14,23-28H2,1-2H3,(H,51,53)(H,57,58)/t35-,38-/m1/s1. The van der Waals surface area contributed by atoms with Crippen LogP contribution in [0.3, 0.4) is 0 Å². The molecule has 2 atom stereocenters. The number of nitrogens with zero attached hydrogens (tertiary/aromatic N) is 6. The number of nitriles is 1. The Morgan fingerprint density at radius 1 is 0.867 bits per heavy atom. The van der Waals surface area contributed by atoms with Crippen LogP contribution in [0.25, 0.3) is 22.0 Å². The largest absolute Gasteiger partial charge is 0.488 e. The minimum Gasteiger partial charge on any atom is -0.488 e. The minimum atomic E-state index is -0.791. The van der Waals surface area contributed by atoms with Crippen molar-refractivity contribution < 1.29 is 24.5 Å². The summed E-state index contributed by atoms with van der Waals surface area (Å²) in [5.74, 6) is 0.484. The highest BCUT2D eigenvalue weighted by Gasteiger charge is 2.29. The molecule has 0 radical (unpaired) electrons. The van der Waals surface area contributed by atoms with Crippen molar-refractivity contribution in [2.24, 2.45) is 5.92 Å². The van der Waals surface area contributed by atoms with Crippen LogP contribution in [-0.2, 0) is 31.1 Å². The number of pyridine rings is 3. The molecular weight excluding hydrogens is 778 g/mol. The number of carbonyl (C=O) groups is 1. The highest BCUT2D eigenvalue weighted by molar-refractivity contribution is 6.32. The topological polar surface area (TPSA) is 157 Å². The molecule has 0 saturated carbocycles. The van der Waals surface area contributed by atoms with Crippen LogP contribution in [0.2, 0.25) is 5.02 Å². The van der Waals surface area contributed by atoms with E-state index in [1.165, 1.54) is 6.20 Å². The maximum atomic E-state index is 11.7. The summed E-state index contributed by atoms with van der Waals surface area (Å²) in [5, 5.41) is 33.9. The quantitative estimate of drug-likeness (QED) is 0.0969. The highest BCUT2D eigenvalue weighted by atomic mass is 35.5. The van der Waals surface area contributed by atoms with Gasteiger partial charge in [0.05, 0.1) is 22.6 Å². The molecule has 13 heteroatoms. The predicted molar refractivity (Wildman–Crippen MR) is 230 cm³/mol. The number of anilines is 2. The third kappa shape index (κ3) is 9.20. The fraction of sp³-hybridized carbons (Fsp3) is 0.298. The first-order chi connectivity index (χ1) is 29.1. The summed E-state index contributed by atoms with van der Waals surface area (Å²) in [7, 11) is 0. The Bertz CT molecular complexity index is 2600. The molecule has 0 bridgehead atoms. The lowest BCUT2D eigenvalue weighted by Gasteiger charge is -2.20. The van der Waals surface area contributed by atoms with Gasteiger partial charge in [-0.2, -0.15) is 5.26 Å². The number of benzene rings is 3. The van der Waals surface area contributed by atoms with E-state index in [1.54, 1.807) is 24.5 Å². The Balaban J connectivity index is 1.00. The van der Waals surface area contributed by atoms with Crippen LogP contribution in [0, 0.1) is 31.1 Å². The van der Waals surface area contributed by atoms with Gasteiger partial charge in [-0.25, -0.2) is 4.98 Å². The zero-order valence-corrected chi connectivity index (χ0v) is 34.3. The molecule has 0 amide bonds. The lowest BCUT2D eigenvalue weighted by atomic mass is 9.93. The summed E-state index contributed by atoms with van der Waals surface area (Å²) in [6.07, 6.45) is 7.98. The Kier molecular flexibility index (Phi) is 12.2. The minimum absolute atomic E-state index is 0.169. The van der Waals surface area contributed by atoms with Crippen LogP contribution >= 0.6 is 11.6 Å². The number of aromatic nitrogens is 3. The second-order valence-corrected chi connectivity index (χ2v) is 16.1. The fourth-order valence-electron chi connectivity index (χ4n) is 8.13. The van der Waals surface area contributed by atoms with Gasteiger partial charge in [-0.05, 0) is 96.9 Å². The number of hydrogen-bond donors (Lipinski definition) is 3. The van der Waals surface area contributed by atoms with Gasteiger partial charge in [0.15, 0.2) is 5.82 Å². The number of carboxylic acid groups (broad SMARTS) is 1. The Hall–Kier alpha value is -6.10. The summed E-state index contributed by atoms with van der Waals surface area (Å²) in [6, 6.07) is 24.0. The van der Waals surface area contributed by atoms with E-state index in [0.29, 0.717) is 60.5 Å². The predicted octanol–water partition coefficient (Wildman–Crippen LogP) is 8.21. The number of aliphatic carboxylic acids is 1. The maximum absolute atomic E-state index is 11.7. The zero-order valence-electron chi connectivity index (χ0n) is 33.6. The third-order valence-corrected chi connectivity index (χ3v) is 11.8. The number of fused-ring (bicyclic) bond motifs is 1. The molecule has 0 unspecified atom stereocenters. The molecule has 3 aromatic heterocycles. The monoisotopic (exact) mass is 823 g/mol. The Morgan fingerprint density at radius 2 is 1.65 bits per heavy atom. The van der Waals surface area contributed by atoms with Gasteiger partial charge < -0.3 is 25.0 Å². The number of hydrogen-bond acceptors (Lipinski definition) is 11. The molecule has 6 aromatic rings. The van der Waals surface area contributed by atoms with E-state index in [2.05, 4.69) is 63.2 Å². The van der Waals surface area contributed by atoms with E-state index in [1.807, 2.05) is 42.6 Å². The average Bonchev–Trinajstić information content (AvgIpc) is 3.90. The second kappa shape index (κ2) is 18.0. The molecule has 2 aliphatic rings. The van der Waals surface area contributed by atoms with Crippen molar-refractivity contribution in [3.8, 4) is 28.7 Å². The van der Waals surface area contributed by atoms with Crippen LogP contribution < -0.4 is 14.8 Å². The summed E-state index contributed by atoms with van der Waals surface area (Å²) < 4.78 is 12.7. The second-order valence-electron chi connectivity index (χ2n) is 15.7. The zero-order chi connectivity index (χ0) is 41.8. The highest BCUT2D eigenvalue weighted by Crippen LogP contribution is 2.38. The van der Waals surface area contributed by atoms with Crippen molar-refractivity contribution in [3.63, 3.8) is 0 Å². The van der Waals surface area contributed by atoms with Crippen LogP contribution in [0.4, 0.5) is 11.5 Å². The summed E-state index contributed by atoms with van der Waals surface area (Å²) in [5.41, 5.74) is 10.1. The molecule has 60 heavy (non-hydrogen) atoms. The molecule has 8 rings (SSSR count). The van der Waals surface area contributed by atoms with Crippen molar-refractivity contribution in [2.45, 2.75) is 59.1 Å². The number of halogens is 1. The van der Waals surface area contributed by atoms with E-state index in [-0.39, 0.29) is 19.3 Å². The smallest absolute Gasteiger partial charge is 0.307 e. The Morgan fingerprint density at radius 3 is 2.43 bits per heavy atom. The molecule has 2 aliphatic heterocycles. The molecule has 12 nitrogen and oxygen atoms in total. The number of nitrogens with one attached hydrogen (secondary N) is 1. The number of carboxylic acids is 1. The number of aliphatic hydroxyl groups excluding tert-OH is 1. The third-order valence-electron chi connectivity index (χ3n) is 11.5. The van der Waals surface area contributed by atoms with Crippen LogP contribution in [0.1, 0.15) is 51.8 Å². The van der Waals surface area contributed by atoms with Crippen molar-refractivity contribution in [1.82, 2.24) is 24.8 Å². The SMILES string of the molecule is Cc1c(COc2cc(OCc3cncc(C#N)c3)c(CN3CC[C@@H](C(=O)O)C3)cc2Cl)cccc1-c1cccc(Nc2nccc3cc(CN4CC[C@@H](O)C4)cnc23)c1C. The fourth-order valence-corrected chi connectivity index (χ4v) is 8.37. The normalized spacial score (nSPS) is 16.9. The number of ether oxygens (including phenoxy) is 2. The van der Waals surface area contributed by atoms with E-state index < -0.39 is 11.9 Å². The van der Waals surface area contributed by atoms with E-state index >= 15 is 0 Å². The molecule has 3 N–H and O–H groups in total. The van der Waals surface area contributed by atoms with Crippen molar-refractivity contribution in [3.05, 3.63) is 135 Å². The molecular formula is C47H46ClN7O5. The average molecular weight is 824 g/mol. The summed E-state index contributed by atoms with van der Waals surface area (Å²) in [4.78, 5) is 29.6. The molecule has 3 aromatic carbocycles. The van der Waals surface area contributed by atoms with Crippen LogP contribution in [-0.4, -0.2) is 73.2 Å². The van der Waals surface area contributed by atoms with Gasteiger partial charge in [-0.1, -0.05) is 41.9 Å². The maximum Gasteiger partial charge on any atom is 0.307 e. The number of aliphatic hydroxyl groups is 1. The van der Waals surface area contributed by atoms with Gasteiger partial charge in [-0.3, -0.25) is 24.6 Å². The van der Waals surface area contributed by atoms with Crippen molar-refractivity contribution >= 4 is 40.0 Å². The van der Waals surface area contributed by atoms with E-state index in [9.17, 15) is 20.3 Å². The van der Waals surface area contributed by atoms with Gasteiger partial charge in [0.2, 0.25) is 0 Å².